The molecule has 0 saturated carbocycles. The molecule has 0 aliphatic heterocycles. The van der Waals surface area contributed by atoms with Crippen LogP contribution in [0.4, 0.5) is 0 Å². The fourth-order valence-corrected chi connectivity index (χ4v) is 2.61. The number of aromatic hydroxyl groups is 1. The molecule has 0 aromatic heterocycles. The minimum atomic E-state index is 0.299. The minimum absolute atomic E-state index is 0.299. The first kappa shape index (κ1) is 13.3. The van der Waals surface area contributed by atoms with Gasteiger partial charge in [0.05, 0.1) is 6.61 Å². The van der Waals surface area contributed by atoms with Gasteiger partial charge in [-0.1, -0.05) is 28.1 Å². The highest BCUT2D eigenvalue weighted by atomic mass is 79.9. The van der Waals surface area contributed by atoms with E-state index in [0.717, 1.165) is 20.9 Å². The first-order valence-electron chi connectivity index (χ1n) is 5.54. The third kappa shape index (κ3) is 4.27. The first-order chi connectivity index (χ1) is 8.74. The fourth-order valence-electron chi connectivity index (χ4n) is 1.45. The van der Waals surface area contributed by atoms with Crippen LogP contribution in [-0.4, -0.2) is 17.5 Å². The Balaban J connectivity index is 1.76. The van der Waals surface area contributed by atoms with Crippen molar-refractivity contribution in [3.05, 3.63) is 53.0 Å². The molecule has 0 amide bonds. The summed E-state index contributed by atoms with van der Waals surface area (Å²) >= 11 is 5.06. The van der Waals surface area contributed by atoms with Crippen molar-refractivity contribution in [1.82, 2.24) is 0 Å². The van der Waals surface area contributed by atoms with Gasteiger partial charge in [-0.3, -0.25) is 0 Å². The smallest absolute Gasteiger partial charge is 0.120 e. The van der Waals surface area contributed by atoms with Crippen molar-refractivity contribution >= 4 is 27.7 Å². The van der Waals surface area contributed by atoms with Crippen LogP contribution in [-0.2, 0) is 0 Å². The molecule has 4 heteroatoms. The number of benzene rings is 2. The number of thioether (sulfide) groups is 1. The van der Waals surface area contributed by atoms with E-state index in [1.165, 1.54) is 0 Å². The second-order valence-electron chi connectivity index (χ2n) is 3.65. The number of rotatable bonds is 5. The highest BCUT2D eigenvalue weighted by Gasteiger charge is 1.97. The molecule has 94 valence electrons. The molecule has 2 nitrogen and oxygen atoms in total. The van der Waals surface area contributed by atoms with Crippen LogP contribution in [0.15, 0.2) is 57.9 Å². The van der Waals surface area contributed by atoms with Gasteiger partial charge in [0, 0.05) is 15.1 Å². The SMILES string of the molecule is Oc1cccc(SCCOc2cccc(Br)c2)c1. The number of phenolic OH excluding ortho intramolecular Hbond substituents is 1. The molecule has 0 aliphatic carbocycles. The quantitative estimate of drug-likeness (QED) is 0.655. The van der Waals surface area contributed by atoms with Crippen molar-refractivity contribution in [2.75, 3.05) is 12.4 Å². The molecule has 0 unspecified atom stereocenters. The van der Waals surface area contributed by atoms with Crippen LogP contribution >= 0.6 is 27.7 Å². The molecule has 0 heterocycles. The van der Waals surface area contributed by atoms with Gasteiger partial charge in [0.2, 0.25) is 0 Å². The Morgan fingerprint density at radius 2 is 1.94 bits per heavy atom. The van der Waals surface area contributed by atoms with Gasteiger partial charge in [-0.25, -0.2) is 0 Å². The standard InChI is InChI=1S/C14H13BrO2S/c15-11-3-1-5-13(9-11)17-7-8-18-14-6-2-4-12(16)10-14/h1-6,9-10,16H,7-8H2. The summed E-state index contributed by atoms with van der Waals surface area (Å²) in [5.74, 6) is 2.00. The number of phenols is 1. The molecule has 2 aromatic carbocycles. The average molecular weight is 325 g/mol. The highest BCUT2D eigenvalue weighted by Crippen LogP contribution is 2.22. The van der Waals surface area contributed by atoms with Gasteiger partial charge in [-0.15, -0.1) is 11.8 Å². The summed E-state index contributed by atoms with van der Waals surface area (Å²) < 4.78 is 6.64. The summed E-state index contributed by atoms with van der Waals surface area (Å²) in [5, 5.41) is 9.33. The lowest BCUT2D eigenvalue weighted by atomic mass is 10.3. The predicted octanol–water partition coefficient (Wildman–Crippen LogP) is 4.33. The van der Waals surface area contributed by atoms with Crippen molar-refractivity contribution in [2.45, 2.75) is 4.90 Å². The minimum Gasteiger partial charge on any atom is -0.508 e. The maximum Gasteiger partial charge on any atom is 0.120 e. The average Bonchev–Trinajstić information content (AvgIpc) is 2.35. The van der Waals surface area contributed by atoms with E-state index in [-0.39, 0.29) is 0 Å². The Morgan fingerprint density at radius 3 is 2.72 bits per heavy atom. The Labute approximate surface area is 119 Å². The van der Waals surface area contributed by atoms with E-state index in [1.54, 1.807) is 23.9 Å². The molecule has 2 rings (SSSR count). The number of hydrogen-bond acceptors (Lipinski definition) is 3. The zero-order valence-corrected chi connectivity index (χ0v) is 12.1. The zero-order chi connectivity index (χ0) is 12.8. The summed E-state index contributed by atoms with van der Waals surface area (Å²) in [6, 6.07) is 15.0. The maximum atomic E-state index is 9.33. The molecule has 0 bridgehead atoms. The lowest BCUT2D eigenvalue weighted by Gasteiger charge is -2.06. The van der Waals surface area contributed by atoms with Crippen molar-refractivity contribution in [3.63, 3.8) is 0 Å². The molecular weight excluding hydrogens is 312 g/mol. The van der Waals surface area contributed by atoms with Crippen LogP contribution < -0.4 is 4.74 Å². The second kappa shape index (κ2) is 6.71. The van der Waals surface area contributed by atoms with Crippen molar-refractivity contribution in [1.29, 1.82) is 0 Å². The van der Waals surface area contributed by atoms with Crippen LogP contribution in [0.2, 0.25) is 0 Å². The van der Waals surface area contributed by atoms with Gasteiger partial charge in [0.1, 0.15) is 11.5 Å². The number of ether oxygens (including phenoxy) is 1. The Bertz CT molecular complexity index is 469. The zero-order valence-electron chi connectivity index (χ0n) is 9.67. The molecule has 0 fully saturated rings. The van der Waals surface area contributed by atoms with Crippen LogP contribution in [0.25, 0.3) is 0 Å². The van der Waals surface area contributed by atoms with Crippen LogP contribution in [0.5, 0.6) is 11.5 Å². The van der Waals surface area contributed by atoms with E-state index >= 15 is 0 Å². The van der Waals surface area contributed by atoms with Gasteiger partial charge < -0.3 is 9.84 Å². The van der Waals surface area contributed by atoms with Gasteiger partial charge in [0.25, 0.3) is 0 Å². The second-order valence-corrected chi connectivity index (χ2v) is 5.74. The first-order valence-corrected chi connectivity index (χ1v) is 7.32. The normalized spacial score (nSPS) is 10.3. The van der Waals surface area contributed by atoms with Crippen LogP contribution in [0.1, 0.15) is 0 Å². The third-order valence-electron chi connectivity index (χ3n) is 2.23. The number of halogens is 1. The largest absolute Gasteiger partial charge is 0.508 e. The Morgan fingerprint density at radius 1 is 1.11 bits per heavy atom. The molecule has 2 aromatic rings. The highest BCUT2D eigenvalue weighted by molar-refractivity contribution is 9.10. The van der Waals surface area contributed by atoms with E-state index in [4.69, 9.17) is 4.74 Å². The Hall–Kier alpha value is -1.13. The monoisotopic (exact) mass is 324 g/mol. The van der Waals surface area contributed by atoms with Crippen molar-refractivity contribution in [2.24, 2.45) is 0 Å². The lowest BCUT2D eigenvalue weighted by Crippen LogP contribution is -1.99. The van der Waals surface area contributed by atoms with E-state index < -0.39 is 0 Å². The molecule has 0 atom stereocenters. The molecule has 0 radical (unpaired) electrons. The maximum absolute atomic E-state index is 9.33. The summed E-state index contributed by atoms with van der Waals surface area (Å²) in [6.07, 6.45) is 0. The molecule has 0 aliphatic rings. The van der Waals surface area contributed by atoms with E-state index in [9.17, 15) is 5.11 Å². The number of hydrogen-bond donors (Lipinski definition) is 1. The van der Waals surface area contributed by atoms with Crippen LogP contribution in [0.3, 0.4) is 0 Å². The van der Waals surface area contributed by atoms with Crippen molar-refractivity contribution in [3.8, 4) is 11.5 Å². The Kier molecular flexibility index (Phi) is 4.96. The van der Waals surface area contributed by atoms with Gasteiger partial charge in [0.15, 0.2) is 0 Å². The van der Waals surface area contributed by atoms with E-state index in [0.29, 0.717) is 12.4 Å². The van der Waals surface area contributed by atoms with Crippen LogP contribution in [0, 0.1) is 0 Å². The molecule has 18 heavy (non-hydrogen) atoms. The summed E-state index contributed by atoms with van der Waals surface area (Å²) in [7, 11) is 0. The van der Waals surface area contributed by atoms with E-state index in [1.807, 2.05) is 36.4 Å². The summed E-state index contributed by atoms with van der Waals surface area (Å²) in [6.45, 7) is 0.636. The topological polar surface area (TPSA) is 29.5 Å². The van der Waals surface area contributed by atoms with Crippen molar-refractivity contribution < 1.29 is 9.84 Å². The molecule has 0 saturated heterocycles. The van der Waals surface area contributed by atoms with Gasteiger partial charge in [-0.05, 0) is 36.4 Å². The summed E-state index contributed by atoms with van der Waals surface area (Å²) in [5.41, 5.74) is 0. The van der Waals surface area contributed by atoms with Gasteiger partial charge >= 0.3 is 0 Å². The molecule has 0 spiro atoms. The molecule has 1 N–H and O–H groups in total. The molecular formula is C14H13BrO2S. The van der Waals surface area contributed by atoms with E-state index in [2.05, 4.69) is 15.9 Å². The summed E-state index contributed by atoms with van der Waals surface area (Å²) in [4.78, 5) is 1.05. The third-order valence-corrected chi connectivity index (χ3v) is 3.69. The lowest BCUT2D eigenvalue weighted by molar-refractivity contribution is 0.344. The van der Waals surface area contributed by atoms with Gasteiger partial charge in [-0.2, -0.15) is 0 Å². The predicted molar refractivity (Wildman–Crippen MR) is 78.5 cm³/mol. The fraction of sp³-hybridized carbons (Fsp3) is 0.143.